The van der Waals surface area contributed by atoms with E-state index in [-0.39, 0.29) is 18.3 Å². The van der Waals surface area contributed by atoms with E-state index >= 15 is 0 Å². The van der Waals surface area contributed by atoms with Crippen LogP contribution in [0.5, 0.6) is 0 Å². The van der Waals surface area contributed by atoms with Gasteiger partial charge in [-0.2, -0.15) is 20.2 Å². The van der Waals surface area contributed by atoms with Gasteiger partial charge in [-0.25, -0.2) is 0 Å². The van der Waals surface area contributed by atoms with E-state index in [9.17, 15) is 8.42 Å². The highest BCUT2D eigenvalue weighted by molar-refractivity contribution is 7.99. The van der Waals surface area contributed by atoms with Gasteiger partial charge in [0.25, 0.3) is 10.1 Å². The van der Waals surface area contributed by atoms with Crippen molar-refractivity contribution in [2.24, 2.45) is 5.92 Å². The molecular formula is C7H16O5S2. The quantitative estimate of drug-likeness (QED) is 0.527. The van der Waals surface area contributed by atoms with Crippen LogP contribution in [0.15, 0.2) is 0 Å². The maximum atomic E-state index is 10.5. The topological polar surface area (TPSA) is 94.8 Å². The Labute approximate surface area is 88.3 Å². The summed E-state index contributed by atoms with van der Waals surface area (Å²) in [5, 5.41) is 17.5. The molecule has 0 saturated heterocycles. The molecule has 14 heavy (non-hydrogen) atoms. The summed E-state index contributed by atoms with van der Waals surface area (Å²) in [6.07, 6.45) is -0.766. The molecule has 0 heterocycles. The van der Waals surface area contributed by atoms with Gasteiger partial charge in [0.1, 0.15) is 0 Å². The van der Waals surface area contributed by atoms with Crippen LogP contribution in [-0.4, -0.2) is 53.2 Å². The number of thioether (sulfide) groups is 1. The summed E-state index contributed by atoms with van der Waals surface area (Å²) in [4.78, 5) is 0. The van der Waals surface area contributed by atoms with Crippen LogP contribution in [0.25, 0.3) is 0 Å². The molecule has 0 aliphatic carbocycles. The first kappa shape index (κ1) is 14.2. The molecule has 2 atom stereocenters. The number of aliphatic hydroxyl groups is 2. The molecule has 2 unspecified atom stereocenters. The Morgan fingerprint density at radius 3 is 2.36 bits per heavy atom. The third kappa shape index (κ3) is 8.76. The van der Waals surface area contributed by atoms with Gasteiger partial charge in [-0.05, 0) is 11.7 Å². The lowest BCUT2D eigenvalue weighted by atomic mass is 10.3. The Hall–Kier alpha value is 0.180. The molecular weight excluding hydrogens is 228 g/mol. The molecule has 5 nitrogen and oxygen atoms in total. The number of rotatable bonds is 7. The van der Waals surface area contributed by atoms with Gasteiger partial charge in [-0.1, -0.05) is 6.92 Å². The maximum Gasteiger partial charge on any atom is 0.265 e. The number of hydrogen-bond acceptors (Lipinski definition) is 5. The lowest BCUT2D eigenvalue weighted by Crippen LogP contribution is -2.18. The van der Waals surface area contributed by atoms with Crippen molar-refractivity contribution in [1.82, 2.24) is 0 Å². The second-order valence-electron chi connectivity index (χ2n) is 3.23. The van der Waals surface area contributed by atoms with Crippen molar-refractivity contribution in [3.8, 4) is 0 Å². The molecule has 0 spiro atoms. The molecule has 7 heteroatoms. The summed E-state index contributed by atoms with van der Waals surface area (Å²) >= 11 is 1.35. The first-order valence-corrected chi connectivity index (χ1v) is 6.93. The molecule has 0 rings (SSSR count). The zero-order valence-corrected chi connectivity index (χ0v) is 9.59. The van der Waals surface area contributed by atoms with Crippen LogP contribution in [0.3, 0.4) is 0 Å². The Bertz CT molecular complexity index is 238. The summed E-state index contributed by atoms with van der Waals surface area (Å²) < 4.78 is 29.4. The zero-order valence-electron chi connectivity index (χ0n) is 7.96. The minimum atomic E-state index is -3.90. The van der Waals surface area contributed by atoms with Crippen LogP contribution >= 0.6 is 11.8 Å². The van der Waals surface area contributed by atoms with Gasteiger partial charge in [0.2, 0.25) is 0 Å². The fourth-order valence-electron chi connectivity index (χ4n) is 0.866. The van der Waals surface area contributed by atoms with Crippen LogP contribution in [0, 0.1) is 5.92 Å². The Balaban J connectivity index is 3.60. The van der Waals surface area contributed by atoms with E-state index in [4.69, 9.17) is 14.8 Å². The molecule has 0 saturated carbocycles. The van der Waals surface area contributed by atoms with Crippen LogP contribution in [-0.2, 0) is 10.1 Å². The van der Waals surface area contributed by atoms with Gasteiger partial charge < -0.3 is 10.2 Å². The van der Waals surface area contributed by atoms with Crippen molar-refractivity contribution in [2.75, 3.05) is 23.9 Å². The summed E-state index contributed by atoms with van der Waals surface area (Å²) in [7, 11) is -3.90. The molecule has 0 aromatic rings. The predicted molar refractivity (Wildman–Crippen MR) is 56.0 cm³/mol. The van der Waals surface area contributed by atoms with Crippen LogP contribution in [0.2, 0.25) is 0 Å². The van der Waals surface area contributed by atoms with E-state index in [0.29, 0.717) is 11.5 Å². The predicted octanol–water partition coefficient (Wildman–Crippen LogP) is -0.403. The molecule has 0 fully saturated rings. The molecule has 0 aromatic carbocycles. The first-order chi connectivity index (χ1) is 6.35. The molecule has 86 valence electrons. The van der Waals surface area contributed by atoms with E-state index < -0.39 is 16.2 Å². The Morgan fingerprint density at radius 1 is 1.36 bits per heavy atom. The van der Waals surface area contributed by atoms with Crippen molar-refractivity contribution < 1.29 is 23.2 Å². The minimum absolute atomic E-state index is 0.166. The fraction of sp³-hybridized carbons (Fsp3) is 1.00. The van der Waals surface area contributed by atoms with Gasteiger partial charge in [0, 0.05) is 5.75 Å². The lowest BCUT2D eigenvalue weighted by Gasteiger charge is -2.10. The second kappa shape index (κ2) is 6.62. The monoisotopic (exact) mass is 244 g/mol. The highest BCUT2D eigenvalue weighted by Crippen LogP contribution is 2.11. The summed E-state index contributed by atoms with van der Waals surface area (Å²) in [6, 6.07) is 0. The molecule has 0 aromatic heterocycles. The molecule has 0 bridgehead atoms. The summed E-state index contributed by atoms with van der Waals surface area (Å²) in [6.45, 7) is 1.41. The zero-order chi connectivity index (χ0) is 11.2. The molecule has 0 aliphatic rings. The second-order valence-corrected chi connectivity index (χ2v) is 5.80. The van der Waals surface area contributed by atoms with Gasteiger partial charge in [0.05, 0.1) is 18.5 Å². The molecule has 0 aliphatic heterocycles. The van der Waals surface area contributed by atoms with Crippen LogP contribution < -0.4 is 0 Å². The van der Waals surface area contributed by atoms with E-state index in [0.717, 1.165) is 0 Å². The number of aliphatic hydroxyl groups excluding tert-OH is 2. The third-order valence-corrected chi connectivity index (χ3v) is 3.83. The van der Waals surface area contributed by atoms with Crippen LogP contribution in [0.1, 0.15) is 6.92 Å². The van der Waals surface area contributed by atoms with E-state index in [1.807, 2.05) is 0 Å². The van der Waals surface area contributed by atoms with Crippen LogP contribution in [0.4, 0.5) is 0 Å². The highest BCUT2D eigenvalue weighted by Gasteiger charge is 2.12. The smallest absolute Gasteiger partial charge is 0.265 e. The van der Waals surface area contributed by atoms with Crippen molar-refractivity contribution in [3.05, 3.63) is 0 Å². The first-order valence-electron chi connectivity index (χ1n) is 4.17. The average Bonchev–Trinajstić information content (AvgIpc) is 2.00. The number of hydrogen-bond donors (Lipinski definition) is 3. The van der Waals surface area contributed by atoms with E-state index in [1.165, 1.54) is 11.8 Å². The fourth-order valence-corrected chi connectivity index (χ4v) is 2.89. The van der Waals surface area contributed by atoms with Crippen molar-refractivity contribution in [2.45, 2.75) is 13.0 Å². The lowest BCUT2D eigenvalue weighted by molar-refractivity contribution is 0.113. The normalized spacial score (nSPS) is 16.6. The van der Waals surface area contributed by atoms with Crippen molar-refractivity contribution >= 4 is 21.9 Å². The van der Waals surface area contributed by atoms with E-state index in [2.05, 4.69) is 0 Å². The third-order valence-electron chi connectivity index (χ3n) is 1.42. The average molecular weight is 244 g/mol. The van der Waals surface area contributed by atoms with Gasteiger partial charge in [0.15, 0.2) is 0 Å². The Kier molecular flexibility index (Phi) is 6.71. The summed E-state index contributed by atoms with van der Waals surface area (Å²) in [5.41, 5.74) is 0. The highest BCUT2D eigenvalue weighted by atomic mass is 32.2. The van der Waals surface area contributed by atoms with Crippen molar-refractivity contribution in [3.63, 3.8) is 0 Å². The van der Waals surface area contributed by atoms with Gasteiger partial charge >= 0.3 is 0 Å². The molecule has 3 N–H and O–H groups in total. The molecule has 0 amide bonds. The summed E-state index contributed by atoms with van der Waals surface area (Å²) in [5.74, 6) is 0.458. The minimum Gasteiger partial charge on any atom is -0.394 e. The van der Waals surface area contributed by atoms with Gasteiger partial charge in [-0.15, -0.1) is 0 Å². The largest absolute Gasteiger partial charge is 0.394 e. The standard InChI is InChI=1S/C7H16O5S2/c1-6(5-14(10,11)12)3-13-4-7(9)2-8/h6-9H,2-5H2,1H3,(H,10,11,12). The molecule has 0 radical (unpaired) electrons. The maximum absolute atomic E-state index is 10.5. The SMILES string of the molecule is CC(CSCC(O)CO)CS(=O)(=O)O. The Morgan fingerprint density at radius 2 is 1.93 bits per heavy atom. The van der Waals surface area contributed by atoms with Gasteiger partial charge in [-0.3, -0.25) is 4.55 Å². The van der Waals surface area contributed by atoms with E-state index in [1.54, 1.807) is 6.92 Å². The van der Waals surface area contributed by atoms with Crippen molar-refractivity contribution in [1.29, 1.82) is 0 Å².